The Labute approximate surface area is 163 Å². The van der Waals surface area contributed by atoms with Crippen LogP contribution in [0.25, 0.3) is 0 Å². The molecule has 25 heavy (non-hydrogen) atoms. The highest BCUT2D eigenvalue weighted by molar-refractivity contribution is 14.1. The predicted octanol–water partition coefficient (Wildman–Crippen LogP) is 5.89. The van der Waals surface area contributed by atoms with Crippen LogP contribution in [0.3, 0.4) is 0 Å². The van der Waals surface area contributed by atoms with Crippen LogP contribution in [0.5, 0.6) is 5.75 Å². The van der Waals surface area contributed by atoms with Crippen molar-refractivity contribution < 1.29 is 9.53 Å². The summed E-state index contributed by atoms with van der Waals surface area (Å²) in [6, 6.07) is 15.2. The van der Waals surface area contributed by atoms with Crippen LogP contribution in [0.2, 0.25) is 0 Å². The lowest BCUT2D eigenvalue weighted by Crippen LogP contribution is -2.13. The number of hydrogen-bond donors (Lipinski definition) is 1. The fourth-order valence-electron chi connectivity index (χ4n) is 3.30. The van der Waals surface area contributed by atoms with Crippen LogP contribution < -0.4 is 10.1 Å². The molecule has 132 valence electrons. The van der Waals surface area contributed by atoms with E-state index in [1.807, 2.05) is 48.5 Å². The Balaban J connectivity index is 1.48. The minimum absolute atomic E-state index is 0.0871. The van der Waals surface area contributed by atoms with Crippen molar-refractivity contribution in [2.24, 2.45) is 5.92 Å². The molecule has 2 aromatic carbocycles. The molecule has 0 spiro atoms. The fraction of sp³-hybridized carbons (Fsp3) is 0.381. The van der Waals surface area contributed by atoms with Crippen molar-refractivity contribution in [2.75, 3.05) is 11.9 Å². The predicted molar refractivity (Wildman–Crippen MR) is 110 cm³/mol. The molecule has 1 N–H and O–H groups in total. The number of halogens is 1. The molecule has 0 heterocycles. The van der Waals surface area contributed by atoms with Crippen molar-refractivity contribution in [3.8, 4) is 5.75 Å². The van der Waals surface area contributed by atoms with Crippen molar-refractivity contribution in [1.29, 1.82) is 0 Å². The topological polar surface area (TPSA) is 38.3 Å². The Morgan fingerprint density at radius 2 is 1.76 bits per heavy atom. The molecule has 0 aromatic heterocycles. The van der Waals surface area contributed by atoms with Gasteiger partial charge < -0.3 is 10.1 Å². The lowest BCUT2D eigenvalue weighted by Gasteiger charge is -2.21. The summed E-state index contributed by atoms with van der Waals surface area (Å²) in [5.74, 6) is 1.61. The van der Waals surface area contributed by atoms with E-state index in [0.29, 0.717) is 5.56 Å². The highest BCUT2D eigenvalue weighted by Gasteiger charge is 2.13. The smallest absolute Gasteiger partial charge is 0.256 e. The molecule has 3 nitrogen and oxygen atoms in total. The molecular formula is C21H24INO2. The maximum Gasteiger partial charge on any atom is 0.256 e. The van der Waals surface area contributed by atoms with Gasteiger partial charge in [-0.05, 0) is 71.3 Å². The quantitative estimate of drug-likeness (QED) is 0.559. The van der Waals surface area contributed by atoms with Crippen LogP contribution >= 0.6 is 22.6 Å². The van der Waals surface area contributed by atoms with Crippen LogP contribution in [0.4, 0.5) is 5.69 Å². The van der Waals surface area contributed by atoms with Gasteiger partial charge in [-0.3, -0.25) is 4.79 Å². The molecule has 1 amide bonds. The summed E-state index contributed by atoms with van der Waals surface area (Å²) < 4.78 is 6.80. The zero-order valence-corrected chi connectivity index (χ0v) is 16.5. The van der Waals surface area contributed by atoms with Gasteiger partial charge >= 0.3 is 0 Å². The second-order valence-corrected chi connectivity index (χ2v) is 7.76. The van der Waals surface area contributed by atoms with Crippen molar-refractivity contribution >= 4 is 34.2 Å². The van der Waals surface area contributed by atoms with Gasteiger partial charge in [0.2, 0.25) is 0 Å². The van der Waals surface area contributed by atoms with Gasteiger partial charge in [0, 0.05) is 9.26 Å². The highest BCUT2D eigenvalue weighted by Crippen LogP contribution is 2.26. The van der Waals surface area contributed by atoms with Gasteiger partial charge in [0.25, 0.3) is 5.91 Å². The third-order valence-electron chi connectivity index (χ3n) is 4.75. The number of ether oxygens (including phenoxy) is 1. The van der Waals surface area contributed by atoms with E-state index in [1.54, 1.807) is 0 Å². The molecule has 1 aliphatic rings. The molecule has 1 fully saturated rings. The van der Waals surface area contributed by atoms with Gasteiger partial charge in [0.1, 0.15) is 5.75 Å². The monoisotopic (exact) mass is 449 g/mol. The molecule has 1 aliphatic carbocycles. The van der Waals surface area contributed by atoms with Gasteiger partial charge in [-0.1, -0.05) is 44.2 Å². The van der Waals surface area contributed by atoms with Gasteiger partial charge in [0.05, 0.1) is 12.2 Å². The van der Waals surface area contributed by atoms with Crippen molar-refractivity contribution in [2.45, 2.75) is 38.5 Å². The van der Waals surface area contributed by atoms with E-state index >= 15 is 0 Å². The largest absolute Gasteiger partial charge is 0.494 e. The molecule has 0 radical (unpaired) electrons. The van der Waals surface area contributed by atoms with Crippen LogP contribution in [-0.2, 0) is 0 Å². The van der Waals surface area contributed by atoms with Crippen LogP contribution in [0.15, 0.2) is 48.5 Å². The number of benzene rings is 2. The molecule has 3 rings (SSSR count). The summed E-state index contributed by atoms with van der Waals surface area (Å²) in [6.07, 6.45) is 8.00. The van der Waals surface area contributed by atoms with Gasteiger partial charge in [-0.2, -0.15) is 0 Å². The van der Waals surface area contributed by atoms with Crippen molar-refractivity contribution in [3.05, 3.63) is 57.7 Å². The third-order valence-corrected chi connectivity index (χ3v) is 5.69. The molecular weight excluding hydrogens is 425 g/mol. The molecule has 1 saturated carbocycles. The lowest BCUT2D eigenvalue weighted by molar-refractivity contribution is 0.102. The molecule has 0 bridgehead atoms. The summed E-state index contributed by atoms with van der Waals surface area (Å²) in [7, 11) is 0. The number of rotatable bonds is 6. The number of nitrogens with one attached hydrogen (secondary N) is 1. The van der Waals surface area contributed by atoms with E-state index in [1.165, 1.54) is 32.1 Å². The first kappa shape index (κ1) is 18.2. The zero-order chi connectivity index (χ0) is 17.5. The summed E-state index contributed by atoms with van der Waals surface area (Å²) in [6.45, 7) is 0.776. The number of hydrogen-bond acceptors (Lipinski definition) is 2. The van der Waals surface area contributed by atoms with E-state index in [4.69, 9.17) is 4.74 Å². The Morgan fingerprint density at radius 3 is 2.48 bits per heavy atom. The van der Waals surface area contributed by atoms with E-state index in [9.17, 15) is 4.79 Å². The molecule has 4 heteroatoms. The molecule has 0 saturated heterocycles. The molecule has 2 aromatic rings. The Hall–Kier alpha value is -1.56. The van der Waals surface area contributed by atoms with Crippen LogP contribution in [0.1, 0.15) is 48.9 Å². The first-order valence-corrected chi connectivity index (χ1v) is 10.1. The van der Waals surface area contributed by atoms with E-state index in [2.05, 4.69) is 27.9 Å². The second kappa shape index (κ2) is 9.22. The first-order valence-electron chi connectivity index (χ1n) is 9.01. The highest BCUT2D eigenvalue weighted by atomic mass is 127. The molecule has 0 unspecified atom stereocenters. The molecule has 0 atom stereocenters. The zero-order valence-electron chi connectivity index (χ0n) is 14.3. The van der Waals surface area contributed by atoms with Gasteiger partial charge in [-0.25, -0.2) is 0 Å². The van der Waals surface area contributed by atoms with Crippen molar-refractivity contribution in [1.82, 2.24) is 0 Å². The number of carbonyl (C=O) groups excluding carboxylic acids is 1. The Kier molecular flexibility index (Phi) is 6.73. The minimum Gasteiger partial charge on any atom is -0.494 e. The number of anilines is 1. The third kappa shape index (κ3) is 5.46. The Morgan fingerprint density at radius 1 is 1.04 bits per heavy atom. The van der Waals surface area contributed by atoms with E-state index in [-0.39, 0.29) is 5.91 Å². The first-order chi connectivity index (χ1) is 12.2. The maximum absolute atomic E-state index is 12.3. The Bertz CT molecular complexity index is 693. The van der Waals surface area contributed by atoms with E-state index < -0.39 is 0 Å². The average Bonchev–Trinajstić information content (AvgIpc) is 2.64. The van der Waals surface area contributed by atoms with Crippen molar-refractivity contribution in [3.63, 3.8) is 0 Å². The van der Waals surface area contributed by atoms with E-state index in [0.717, 1.165) is 34.0 Å². The average molecular weight is 449 g/mol. The number of amides is 1. The van der Waals surface area contributed by atoms with Gasteiger partial charge in [0.15, 0.2) is 0 Å². The van der Waals surface area contributed by atoms with Gasteiger partial charge in [-0.15, -0.1) is 0 Å². The normalized spacial score (nSPS) is 14.9. The summed E-state index contributed by atoms with van der Waals surface area (Å²) in [5, 5.41) is 2.93. The number of carbonyl (C=O) groups is 1. The lowest BCUT2D eigenvalue weighted by atomic mass is 9.87. The van der Waals surface area contributed by atoms with Crippen LogP contribution in [0, 0.1) is 9.49 Å². The summed E-state index contributed by atoms with van der Waals surface area (Å²) >= 11 is 2.18. The fourth-order valence-corrected chi connectivity index (χ4v) is 3.93. The minimum atomic E-state index is -0.0871. The van der Waals surface area contributed by atoms with Crippen LogP contribution in [-0.4, -0.2) is 12.5 Å². The standard InChI is InChI=1S/C21H24INO2/c22-20-9-5-4-8-19(20)21(24)23-17-10-12-18(13-11-17)25-15-14-16-6-2-1-3-7-16/h4-5,8-13,16H,1-3,6-7,14-15H2,(H,23,24). The summed E-state index contributed by atoms with van der Waals surface area (Å²) in [5.41, 5.74) is 1.47. The second-order valence-electron chi connectivity index (χ2n) is 6.60. The summed E-state index contributed by atoms with van der Waals surface area (Å²) in [4.78, 5) is 12.3. The molecule has 0 aliphatic heterocycles. The maximum atomic E-state index is 12.3. The SMILES string of the molecule is O=C(Nc1ccc(OCCC2CCCCC2)cc1)c1ccccc1I.